The summed E-state index contributed by atoms with van der Waals surface area (Å²) in [5.41, 5.74) is 1.12. The van der Waals surface area contributed by atoms with Crippen LogP contribution >= 0.6 is 0 Å². The van der Waals surface area contributed by atoms with E-state index in [1.54, 1.807) is 6.20 Å². The van der Waals surface area contributed by atoms with Crippen molar-refractivity contribution < 1.29 is 0 Å². The van der Waals surface area contributed by atoms with Gasteiger partial charge in [0, 0.05) is 31.4 Å². The Kier molecular flexibility index (Phi) is 4.59. The van der Waals surface area contributed by atoms with E-state index < -0.39 is 0 Å². The molecule has 2 aliphatic rings. The standard InChI is InChI=1S/C19H28N4/c1-14-10-19(2,3)11-17(14)22-16-6-8-23(9-7-16)18-5-4-15(12-20)13-21-18/h4-5,13-14,16-17,22H,6-11H2,1-3H3. The summed E-state index contributed by atoms with van der Waals surface area (Å²) in [6, 6.07) is 7.25. The molecule has 23 heavy (non-hydrogen) atoms. The lowest BCUT2D eigenvalue weighted by molar-refractivity contribution is 0.322. The van der Waals surface area contributed by atoms with Crippen molar-refractivity contribution in [1.82, 2.24) is 10.3 Å². The Hall–Kier alpha value is -1.60. The molecule has 0 radical (unpaired) electrons. The summed E-state index contributed by atoms with van der Waals surface area (Å²) in [5, 5.41) is 12.8. The van der Waals surface area contributed by atoms with Crippen molar-refractivity contribution in [2.45, 2.75) is 58.5 Å². The van der Waals surface area contributed by atoms with Crippen molar-refractivity contribution in [3.8, 4) is 6.07 Å². The van der Waals surface area contributed by atoms with Gasteiger partial charge in [-0.2, -0.15) is 5.26 Å². The summed E-state index contributed by atoms with van der Waals surface area (Å²) in [4.78, 5) is 6.75. The number of hydrogen-bond acceptors (Lipinski definition) is 4. The fourth-order valence-corrected chi connectivity index (χ4v) is 4.33. The number of anilines is 1. The predicted molar refractivity (Wildman–Crippen MR) is 93.3 cm³/mol. The molecule has 1 aromatic rings. The molecule has 3 rings (SSSR count). The van der Waals surface area contributed by atoms with Gasteiger partial charge in [0.15, 0.2) is 0 Å². The van der Waals surface area contributed by atoms with E-state index in [4.69, 9.17) is 5.26 Å². The minimum absolute atomic E-state index is 0.490. The molecule has 1 N–H and O–H groups in total. The lowest BCUT2D eigenvalue weighted by Crippen LogP contribution is -2.47. The van der Waals surface area contributed by atoms with Crippen molar-refractivity contribution in [2.75, 3.05) is 18.0 Å². The molecule has 2 fully saturated rings. The molecule has 2 heterocycles. The van der Waals surface area contributed by atoms with Gasteiger partial charge in [-0.05, 0) is 49.1 Å². The number of piperidine rings is 1. The van der Waals surface area contributed by atoms with E-state index in [2.05, 4.69) is 42.0 Å². The molecule has 1 aliphatic heterocycles. The first kappa shape index (κ1) is 16.3. The Labute approximate surface area is 139 Å². The first-order valence-electron chi connectivity index (χ1n) is 8.84. The lowest BCUT2D eigenvalue weighted by atomic mass is 9.91. The SMILES string of the molecule is CC1CC(C)(C)CC1NC1CCN(c2ccc(C#N)cn2)CC1. The van der Waals surface area contributed by atoms with E-state index in [-0.39, 0.29) is 0 Å². The van der Waals surface area contributed by atoms with Gasteiger partial charge in [0.2, 0.25) is 0 Å². The summed E-state index contributed by atoms with van der Waals surface area (Å²) in [5.74, 6) is 1.78. The zero-order valence-corrected chi connectivity index (χ0v) is 14.5. The fourth-order valence-electron chi connectivity index (χ4n) is 4.33. The molecule has 0 bridgehead atoms. The molecule has 4 nitrogen and oxygen atoms in total. The number of nitriles is 1. The third-order valence-electron chi connectivity index (χ3n) is 5.48. The van der Waals surface area contributed by atoms with Crippen LogP contribution in [0.4, 0.5) is 5.82 Å². The van der Waals surface area contributed by atoms with Gasteiger partial charge in [-0.25, -0.2) is 4.98 Å². The Morgan fingerprint density at radius 3 is 2.52 bits per heavy atom. The predicted octanol–water partition coefficient (Wildman–Crippen LogP) is 3.34. The van der Waals surface area contributed by atoms with Gasteiger partial charge in [0.1, 0.15) is 11.9 Å². The molecule has 1 saturated carbocycles. The summed E-state index contributed by atoms with van der Waals surface area (Å²) in [6.45, 7) is 9.26. The molecular formula is C19H28N4. The Balaban J connectivity index is 1.51. The van der Waals surface area contributed by atoms with Gasteiger partial charge in [-0.1, -0.05) is 20.8 Å². The van der Waals surface area contributed by atoms with Crippen LogP contribution in [0.25, 0.3) is 0 Å². The van der Waals surface area contributed by atoms with Gasteiger partial charge in [-0.3, -0.25) is 0 Å². The number of hydrogen-bond donors (Lipinski definition) is 1. The van der Waals surface area contributed by atoms with Crippen molar-refractivity contribution in [3.05, 3.63) is 23.9 Å². The van der Waals surface area contributed by atoms with Crippen LogP contribution in [-0.2, 0) is 0 Å². The second kappa shape index (κ2) is 6.49. The highest BCUT2D eigenvalue weighted by molar-refractivity contribution is 5.42. The van der Waals surface area contributed by atoms with Crippen LogP contribution in [0.5, 0.6) is 0 Å². The van der Waals surface area contributed by atoms with Crippen LogP contribution in [0.15, 0.2) is 18.3 Å². The van der Waals surface area contributed by atoms with E-state index in [0.29, 0.717) is 23.1 Å². The Morgan fingerprint density at radius 2 is 2.00 bits per heavy atom. The molecule has 2 atom stereocenters. The van der Waals surface area contributed by atoms with E-state index >= 15 is 0 Å². The maximum absolute atomic E-state index is 8.86. The first-order chi connectivity index (χ1) is 11.0. The molecule has 1 aliphatic carbocycles. The monoisotopic (exact) mass is 312 g/mol. The van der Waals surface area contributed by atoms with Crippen LogP contribution in [0, 0.1) is 22.7 Å². The van der Waals surface area contributed by atoms with Crippen molar-refractivity contribution in [2.24, 2.45) is 11.3 Å². The van der Waals surface area contributed by atoms with E-state index in [1.807, 2.05) is 12.1 Å². The third kappa shape index (κ3) is 3.84. The van der Waals surface area contributed by atoms with Gasteiger partial charge in [-0.15, -0.1) is 0 Å². The highest BCUT2D eigenvalue weighted by Gasteiger charge is 2.37. The number of nitrogens with zero attached hydrogens (tertiary/aromatic N) is 3. The summed E-state index contributed by atoms with van der Waals surface area (Å²) < 4.78 is 0. The topological polar surface area (TPSA) is 52.0 Å². The van der Waals surface area contributed by atoms with Gasteiger partial charge < -0.3 is 10.2 Å². The van der Waals surface area contributed by atoms with Crippen LogP contribution < -0.4 is 10.2 Å². The van der Waals surface area contributed by atoms with Crippen molar-refractivity contribution in [3.63, 3.8) is 0 Å². The molecule has 124 valence electrons. The van der Waals surface area contributed by atoms with Crippen molar-refractivity contribution >= 4 is 5.82 Å². The van der Waals surface area contributed by atoms with Crippen LogP contribution in [0.2, 0.25) is 0 Å². The average molecular weight is 312 g/mol. The van der Waals surface area contributed by atoms with E-state index in [1.165, 1.54) is 25.7 Å². The largest absolute Gasteiger partial charge is 0.357 e. The maximum atomic E-state index is 8.86. The number of rotatable bonds is 3. The van der Waals surface area contributed by atoms with E-state index in [0.717, 1.165) is 24.8 Å². The molecule has 0 amide bonds. The zero-order chi connectivity index (χ0) is 16.4. The summed E-state index contributed by atoms with van der Waals surface area (Å²) >= 11 is 0. The van der Waals surface area contributed by atoms with Crippen LogP contribution in [0.3, 0.4) is 0 Å². The minimum atomic E-state index is 0.490. The summed E-state index contributed by atoms with van der Waals surface area (Å²) in [7, 11) is 0. The molecule has 2 unspecified atom stereocenters. The normalized spacial score (nSPS) is 27.8. The summed E-state index contributed by atoms with van der Waals surface area (Å²) in [6.07, 6.45) is 6.64. The maximum Gasteiger partial charge on any atom is 0.128 e. The highest BCUT2D eigenvalue weighted by atomic mass is 15.2. The Morgan fingerprint density at radius 1 is 1.26 bits per heavy atom. The molecule has 1 saturated heterocycles. The molecule has 4 heteroatoms. The van der Waals surface area contributed by atoms with Crippen molar-refractivity contribution in [1.29, 1.82) is 5.26 Å². The zero-order valence-electron chi connectivity index (χ0n) is 14.5. The number of pyridine rings is 1. The second-order valence-electron chi connectivity index (χ2n) is 8.10. The number of aromatic nitrogens is 1. The fraction of sp³-hybridized carbons (Fsp3) is 0.684. The second-order valence-corrected chi connectivity index (χ2v) is 8.10. The van der Waals surface area contributed by atoms with Gasteiger partial charge >= 0.3 is 0 Å². The molecule has 0 aromatic carbocycles. The molecule has 1 aromatic heterocycles. The molecule has 0 spiro atoms. The minimum Gasteiger partial charge on any atom is -0.357 e. The Bertz CT molecular complexity index is 564. The number of nitrogens with one attached hydrogen (secondary N) is 1. The first-order valence-corrected chi connectivity index (χ1v) is 8.84. The molecular weight excluding hydrogens is 284 g/mol. The van der Waals surface area contributed by atoms with E-state index in [9.17, 15) is 0 Å². The lowest BCUT2D eigenvalue weighted by Gasteiger charge is -2.35. The van der Waals surface area contributed by atoms with Gasteiger partial charge in [0.25, 0.3) is 0 Å². The smallest absolute Gasteiger partial charge is 0.128 e. The van der Waals surface area contributed by atoms with Crippen LogP contribution in [-0.4, -0.2) is 30.2 Å². The van der Waals surface area contributed by atoms with Crippen LogP contribution in [0.1, 0.15) is 52.0 Å². The third-order valence-corrected chi connectivity index (χ3v) is 5.48. The highest BCUT2D eigenvalue weighted by Crippen LogP contribution is 2.41. The van der Waals surface area contributed by atoms with Gasteiger partial charge in [0.05, 0.1) is 5.56 Å². The average Bonchev–Trinajstić information content (AvgIpc) is 2.80. The quantitative estimate of drug-likeness (QED) is 0.930.